The van der Waals surface area contributed by atoms with Crippen molar-refractivity contribution in [2.24, 2.45) is 11.7 Å². The SMILES string of the molecule is CC(=O)CCCC(=O)C(CN)N1C(=O)CC(C)C1=O. The van der Waals surface area contributed by atoms with Gasteiger partial charge in [0.05, 0.1) is 0 Å². The quantitative estimate of drug-likeness (QED) is 0.657. The van der Waals surface area contributed by atoms with Gasteiger partial charge in [0.15, 0.2) is 5.78 Å². The summed E-state index contributed by atoms with van der Waals surface area (Å²) in [6.07, 6.45) is 1.04. The van der Waals surface area contributed by atoms with Gasteiger partial charge in [0.2, 0.25) is 11.8 Å². The lowest BCUT2D eigenvalue weighted by Crippen LogP contribution is -2.49. The maximum atomic E-state index is 12.0. The molecule has 0 aromatic heterocycles. The van der Waals surface area contributed by atoms with E-state index in [-0.39, 0.29) is 48.7 Å². The number of rotatable bonds is 7. The second-order valence-electron chi connectivity index (χ2n) is 4.98. The van der Waals surface area contributed by atoms with Crippen molar-refractivity contribution in [2.45, 2.75) is 45.6 Å². The average molecular weight is 268 g/mol. The van der Waals surface area contributed by atoms with Gasteiger partial charge in [-0.2, -0.15) is 0 Å². The summed E-state index contributed by atoms with van der Waals surface area (Å²) in [4.78, 5) is 47.4. The van der Waals surface area contributed by atoms with Crippen LogP contribution in [-0.4, -0.2) is 40.9 Å². The minimum atomic E-state index is -0.878. The minimum absolute atomic E-state index is 0.0130. The van der Waals surface area contributed by atoms with E-state index >= 15 is 0 Å². The molecule has 0 aromatic carbocycles. The molecule has 1 aliphatic rings. The van der Waals surface area contributed by atoms with Gasteiger partial charge in [-0.25, -0.2) is 0 Å². The molecule has 1 heterocycles. The van der Waals surface area contributed by atoms with Gasteiger partial charge in [0.1, 0.15) is 11.8 Å². The number of carbonyl (C=O) groups is 4. The second kappa shape index (κ2) is 6.56. The van der Waals surface area contributed by atoms with Gasteiger partial charge < -0.3 is 10.5 Å². The molecular formula is C13H20N2O4. The standard InChI is InChI=1S/C13H20N2O4/c1-8-6-12(18)15(13(8)19)10(7-14)11(17)5-3-4-9(2)16/h8,10H,3-7,14H2,1-2H3. The topological polar surface area (TPSA) is 97.5 Å². The summed E-state index contributed by atoms with van der Waals surface area (Å²) in [6, 6.07) is -0.878. The first-order chi connectivity index (χ1) is 8.88. The maximum Gasteiger partial charge on any atom is 0.233 e. The molecule has 0 saturated carbocycles. The molecule has 1 fully saturated rings. The molecule has 6 nitrogen and oxygen atoms in total. The zero-order chi connectivity index (χ0) is 14.6. The van der Waals surface area contributed by atoms with Crippen LogP contribution in [0.4, 0.5) is 0 Å². The van der Waals surface area contributed by atoms with E-state index in [1.807, 2.05) is 0 Å². The first-order valence-corrected chi connectivity index (χ1v) is 6.46. The Kier molecular flexibility index (Phi) is 5.35. The van der Waals surface area contributed by atoms with Crippen LogP contribution in [0.5, 0.6) is 0 Å². The van der Waals surface area contributed by atoms with E-state index in [1.54, 1.807) is 6.92 Å². The number of likely N-dealkylation sites (tertiary alicyclic amines) is 1. The number of hydrogen-bond acceptors (Lipinski definition) is 5. The van der Waals surface area contributed by atoms with Gasteiger partial charge in [0, 0.05) is 31.7 Å². The Labute approximate surface area is 112 Å². The Balaban J connectivity index is 2.66. The van der Waals surface area contributed by atoms with Gasteiger partial charge in [-0.05, 0) is 13.3 Å². The summed E-state index contributed by atoms with van der Waals surface area (Å²) in [5, 5.41) is 0. The average Bonchev–Trinajstić information content (AvgIpc) is 2.56. The van der Waals surface area contributed by atoms with Crippen LogP contribution in [0.25, 0.3) is 0 Å². The van der Waals surface area contributed by atoms with Crippen LogP contribution in [0.1, 0.15) is 39.5 Å². The molecule has 0 aliphatic carbocycles. The first kappa shape index (κ1) is 15.5. The number of nitrogens with zero attached hydrogens (tertiary/aromatic N) is 1. The van der Waals surface area contributed by atoms with Crippen molar-refractivity contribution in [3.8, 4) is 0 Å². The minimum Gasteiger partial charge on any atom is -0.328 e. The lowest BCUT2D eigenvalue weighted by atomic mass is 10.0. The molecule has 1 saturated heterocycles. The molecule has 106 valence electrons. The summed E-state index contributed by atoms with van der Waals surface area (Å²) in [5.74, 6) is -1.29. The number of Topliss-reactive ketones (excluding diaryl/α,β-unsaturated/α-hetero) is 2. The van der Waals surface area contributed by atoms with E-state index in [4.69, 9.17) is 5.73 Å². The van der Waals surface area contributed by atoms with Crippen molar-refractivity contribution in [3.63, 3.8) is 0 Å². The predicted octanol–water partition coefficient (Wildman–Crippen LogP) is 0.0371. The van der Waals surface area contributed by atoms with E-state index in [2.05, 4.69) is 0 Å². The zero-order valence-electron chi connectivity index (χ0n) is 11.3. The van der Waals surface area contributed by atoms with Gasteiger partial charge in [0.25, 0.3) is 0 Å². The summed E-state index contributed by atoms with van der Waals surface area (Å²) >= 11 is 0. The van der Waals surface area contributed by atoms with Crippen LogP contribution in [0.2, 0.25) is 0 Å². The fourth-order valence-electron chi connectivity index (χ4n) is 2.19. The highest BCUT2D eigenvalue weighted by Crippen LogP contribution is 2.22. The van der Waals surface area contributed by atoms with Gasteiger partial charge in [-0.3, -0.25) is 19.3 Å². The molecule has 0 aromatic rings. The van der Waals surface area contributed by atoms with Crippen LogP contribution in [-0.2, 0) is 19.2 Å². The third kappa shape index (κ3) is 3.70. The van der Waals surface area contributed by atoms with E-state index in [0.717, 1.165) is 4.90 Å². The number of ketones is 2. The summed E-state index contributed by atoms with van der Waals surface area (Å²) < 4.78 is 0. The summed E-state index contributed by atoms with van der Waals surface area (Å²) in [5.41, 5.74) is 5.52. The molecule has 2 N–H and O–H groups in total. The fraction of sp³-hybridized carbons (Fsp3) is 0.692. The monoisotopic (exact) mass is 268 g/mol. The molecule has 6 heteroatoms. The molecule has 19 heavy (non-hydrogen) atoms. The number of carbonyl (C=O) groups excluding carboxylic acids is 4. The van der Waals surface area contributed by atoms with Crippen LogP contribution in [0.3, 0.4) is 0 Å². The van der Waals surface area contributed by atoms with Crippen molar-refractivity contribution >= 4 is 23.4 Å². The van der Waals surface area contributed by atoms with E-state index in [0.29, 0.717) is 12.8 Å². The number of hydrogen-bond donors (Lipinski definition) is 1. The summed E-state index contributed by atoms with van der Waals surface area (Å²) in [7, 11) is 0. The third-order valence-electron chi connectivity index (χ3n) is 3.27. The molecule has 0 radical (unpaired) electrons. The smallest absolute Gasteiger partial charge is 0.233 e. The van der Waals surface area contributed by atoms with Crippen LogP contribution in [0.15, 0.2) is 0 Å². The summed E-state index contributed by atoms with van der Waals surface area (Å²) in [6.45, 7) is 3.05. The Hall–Kier alpha value is -1.56. The van der Waals surface area contributed by atoms with Gasteiger partial charge >= 0.3 is 0 Å². The van der Waals surface area contributed by atoms with Crippen molar-refractivity contribution in [2.75, 3.05) is 6.54 Å². The van der Waals surface area contributed by atoms with Crippen LogP contribution >= 0.6 is 0 Å². The number of nitrogens with two attached hydrogens (primary N) is 1. The zero-order valence-corrected chi connectivity index (χ0v) is 11.3. The second-order valence-corrected chi connectivity index (χ2v) is 4.98. The highest BCUT2D eigenvalue weighted by Gasteiger charge is 2.41. The molecule has 2 unspecified atom stereocenters. The van der Waals surface area contributed by atoms with E-state index < -0.39 is 6.04 Å². The van der Waals surface area contributed by atoms with Crippen LogP contribution in [0, 0.1) is 5.92 Å². The molecule has 2 atom stereocenters. The predicted molar refractivity (Wildman–Crippen MR) is 68.0 cm³/mol. The Morgan fingerprint density at radius 3 is 2.42 bits per heavy atom. The van der Waals surface area contributed by atoms with Crippen molar-refractivity contribution in [1.29, 1.82) is 0 Å². The highest BCUT2D eigenvalue weighted by atomic mass is 16.2. The number of imide groups is 1. The van der Waals surface area contributed by atoms with Gasteiger partial charge in [-0.1, -0.05) is 6.92 Å². The number of amides is 2. The molecule has 2 amide bonds. The van der Waals surface area contributed by atoms with Gasteiger partial charge in [-0.15, -0.1) is 0 Å². The largest absolute Gasteiger partial charge is 0.328 e. The Morgan fingerprint density at radius 2 is 2.00 bits per heavy atom. The lowest BCUT2D eigenvalue weighted by Gasteiger charge is -2.24. The highest BCUT2D eigenvalue weighted by molar-refractivity contribution is 6.07. The first-order valence-electron chi connectivity index (χ1n) is 6.46. The molecule has 0 bridgehead atoms. The Morgan fingerprint density at radius 1 is 1.37 bits per heavy atom. The van der Waals surface area contributed by atoms with E-state index in [1.165, 1.54) is 6.92 Å². The Bertz CT molecular complexity index is 405. The van der Waals surface area contributed by atoms with Crippen molar-refractivity contribution in [1.82, 2.24) is 4.90 Å². The van der Waals surface area contributed by atoms with Crippen molar-refractivity contribution < 1.29 is 19.2 Å². The van der Waals surface area contributed by atoms with Crippen LogP contribution < -0.4 is 5.73 Å². The fourth-order valence-corrected chi connectivity index (χ4v) is 2.19. The third-order valence-corrected chi connectivity index (χ3v) is 3.27. The maximum absolute atomic E-state index is 12.0. The lowest BCUT2D eigenvalue weighted by molar-refractivity contribution is -0.146. The molecule has 0 spiro atoms. The molecule has 1 aliphatic heterocycles. The van der Waals surface area contributed by atoms with Crippen molar-refractivity contribution in [3.05, 3.63) is 0 Å². The van der Waals surface area contributed by atoms with E-state index in [9.17, 15) is 19.2 Å². The molecular weight excluding hydrogens is 248 g/mol. The normalized spacial score (nSPS) is 20.8. The molecule has 1 rings (SSSR count).